The Hall–Kier alpha value is -1.40. The van der Waals surface area contributed by atoms with Gasteiger partial charge in [-0.3, -0.25) is 14.5 Å². The molecule has 0 aliphatic carbocycles. The number of halogens is 1. The fourth-order valence-electron chi connectivity index (χ4n) is 1.59. The monoisotopic (exact) mass is 298 g/mol. The molecule has 0 spiro atoms. The van der Waals surface area contributed by atoms with E-state index in [2.05, 4.69) is 15.9 Å². The van der Waals surface area contributed by atoms with Gasteiger partial charge in [-0.2, -0.15) is 0 Å². The molecule has 1 heterocycles. The molecule has 17 heavy (non-hydrogen) atoms. The zero-order chi connectivity index (χ0) is 12.4. The van der Waals surface area contributed by atoms with Crippen LogP contribution in [0.25, 0.3) is 0 Å². The van der Waals surface area contributed by atoms with E-state index in [1.54, 1.807) is 12.1 Å². The SMILES string of the molecule is Nc1cccc(CN2C(=O)COCC2=O)c1Br. The predicted octanol–water partition coefficient (Wildman–Crippen LogP) is 0.917. The quantitative estimate of drug-likeness (QED) is 0.651. The topological polar surface area (TPSA) is 72.6 Å². The molecule has 1 aromatic rings. The van der Waals surface area contributed by atoms with Gasteiger partial charge in [-0.25, -0.2) is 0 Å². The van der Waals surface area contributed by atoms with Crippen molar-refractivity contribution in [1.82, 2.24) is 4.90 Å². The molecular formula is C11H11BrN2O3. The van der Waals surface area contributed by atoms with Gasteiger partial charge >= 0.3 is 0 Å². The third-order valence-corrected chi connectivity index (χ3v) is 3.46. The number of hydrogen-bond donors (Lipinski definition) is 1. The summed E-state index contributed by atoms with van der Waals surface area (Å²) in [6.45, 7) is 0.115. The van der Waals surface area contributed by atoms with Crippen LogP contribution in [0.4, 0.5) is 5.69 Å². The van der Waals surface area contributed by atoms with E-state index < -0.39 is 0 Å². The zero-order valence-corrected chi connectivity index (χ0v) is 10.6. The van der Waals surface area contributed by atoms with Crippen LogP contribution in [-0.4, -0.2) is 29.9 Å². The maximum absolute atomic E-state index is 11.5. The van der Waals surface area contributed by atoms with Crippen molar-refractivity contribution in [2.24, 2.45) is 0 Å². The molecule has 5 nitrogen and oxygen atoms in total. The molecule has 2 amide bonds. The van der Waals surface area contributed by atoms with Gasteiger partial charge in [0, 0.05) is 10.2 Å². The van der Waals surface area contributed by atoms with Crippen LogP contribution in [0.1, 0.15) is 5.56 Å². The second-order valence-corrected chi connectivity index (χ2v) is 4.48. The Labute approximate surface area is 107 Å². The number of carbonyl (C=O) groups excluding carboxylic acids is 2. The highest BCUT2D eigenvalue weighted by atomic mass is 79.9. The zero-order valence-electron chi connectivity index (χ0n) is 8.98. The number of imide groups is 1. The number of nitrogen functional groups attached to an aromatic ring is 1. The summed E-state index contributed by atoms with van der Waals surface area (Å²) in [6.07, 6.45) is 0. The molecule has 1 aliphatic heterocycles. The van der Waals surface area contributed by atoms with Gasteiger partial charge in [0.2, 0.25) is 0 Å². The lowest BCUT2D eigenvalue weighted by atomic mass is 10.2. The van der Waals surface area contributed by atoms with Gasteiger partial charge in [0.1, 0.15) is 13.2 Å². The van der Waals surface area contributed by atoms with Gasteiger partial charge in [0.05, 0.1) is 6.54 Å². The van der Waals surface area contributed by atoms with Crippen LogP contribution in [0.15, 0.2) is 22.7 Å². The molecule has 0 atom stereocenters. The molecule has 6 heteroatoms. The van der Waals surface area contributed by atoms with Gasteiger partial charge in [0.25, 0.3) is 11.8 Å². The van der Waals surface area contributed by atoms with E-state index in [-0.39, 0.29) is 31.6 Å². The summed E-state index contributed by atoms with van der Waals surface area (Å²) in [6, 6.07) is 5.35. The summed E-state index contributed by atoms with van der Waals surface area (Å²) >= 11 is 3.34. The Balaban J connectivity index is 2.22. The molecule has 0 saturated carbocycles. The molecule has 0 unspecified atom stereocenters. The summed E-state index contributed by atoms with van der Waals surface area (Å²) in [5, 5.41) is 0. The van der Waals surface area contributed by atoms with Gasteiger partial charge in [-0.05, 0) is 27.6 Å². The number of ether oxygens (including phenoxy) is 1. The Morgan fingerprint density at radius 2 is 1.94 bits per heavy atom. The minimum Gasteiger partial charge on any atom is -0.398 e. The summed E-state index contributed by atoms with van der Waals surface area (Å²) in [4.78, 5) is 24.3. The first kappa shape index (κ1) is 12.1. The average Bonchev–Trinajstić information content (AvgIpc) is 2.29. The minimum atomic E-state index is -0.324. The number of nitrogens with two attached hydrogens (primary N) is 1. The number of morpholine rings is 1. The molecule has 0 radical (unpaired) electrons. The minimum absolute atomic E-state index is 0.0499. The highest BCUT2D eigenvalue weighted by Gasteiger charge is 2.27. The fraction of sp³-hybridized carbons (Fsp3) is 0.273. The summed E-state index contributed by atoms with van der Waals surface area (Å²) in [5.41, 5.74) is 7.11. The number of benzene rings is 1. The molecule has 0 bridgehead atoms. The number of hydrogen-bond acceptors (Lipinski definition) is 4. The van der Waals surface area contributed by atoms with E-state index >= 15 is 0 Å². The summed E-state index contributed by atoms with van der Waals surface area (Å²) in [5.74, 6) is -0.647. The van der Waals surface area contributed by atoms with Crippen LogP contribution in [-0.2, 0) is 20.9 Å². The van der Waals surface area contributed by atoms with Crippen molar-refractivity contribution in [3.8, 4) is 0 Å². The van der Waals surface area contributed by atoms with E-state index in [1.807, 2.05) is 6.07 Å². The largest absolute Gasteiger partial charge is 0.398 e. The van der Waals surface area contributed by atoms with E-state index in [4.69, 9.17) is 10.5 Å². The smallest absolute Gasteiger partial charge is 0.255 e. The molecule has 1 aliphatic rings. The second kappa shape index (κ2) is 4.85. The molecule has 90 valence electrons. The summed E-state index contributed by atoms with van der Waals surface area (Å²) < 4.78 is 5.55. The van der Waals surface area contributed by atoms with Crippen LogP contribution in [0.3, 0.4) is 0 Å². The predicted molar refractivity (Wildman–Crippen MR) is 64.9 cm³/mol. The van der Waals surface area contributed by atoms with E-state index in [1.165, 1.54) is 4.90 Å². The first-order chi connectivity index (χ1) is 8.09. The van der Waals surface area contributed by atoms with E-state index in [9.17, 15) is 9.59 Å². The highest BCUT2D eigenvalue weighted by molar-refractivity contribution is 9.10. The van der Waals surface area contributed by atoms with Gasteiger partial charge < -0.3 is 10.5 Å². The van der Waals surface area contributed by atoms with Crippen molar-refractivity contribution in [3.05, 3.63) is 28.2 Å². The highest BCUT2D eigenvalue weighted by Crippen LogP contribution is 2.25. The number of nitrogens with zero attached hydrogens (tertiary/aromatic N) is 1. The maximum atomic E-state index is 11.5. The molecule has 0 aromatic heterocycles. The van der Waals surface area contributed by atoms with Crippen molar-refractivity contribution in [2.45, 2.75) is 6.54 Å². The Bertz CT molecular complexity index is 460. The van der Waals surface area contributed by atoms with Gasteiger partial charge in [0.15, 0.2) is 0 Å². The van der Waals surface area contributed by atoms with Crippen molar-refractivity contribution in [2.75, 3.05) is 18.9 Å². The Morgan fingerprint density at radius 1 is 1.29 bits per heavy atom. The number of amides is 2. The van der Waals surface area contributed by atoms with Crippen molar-refractivity contribution >= 4 is 33.4 Å². The van der Waals surface area contributed by atoms with Crippen LogP contribution < -0.4 is 5.73 Å². The fourth-order valence-corrected chi connectivity index (χ4v) is 1.98. The van der Waals surface area contributed by atoms with Crippen LogP contribution in [0, 0.1) is 0 Å². The normalized spacial score (nSPS) is 16.4. The lowest BCUT2D eigenvalue weighted by molar-refractivity contribution is -0.159. The standard InChI is InChI=1S/C11H11BrN2O3/c12-11-7(2-1-3-8(11)13)4-14-9(15)5-17-6-10(14)16/h1-3H,4-6,13H2. The van der Waals surface area contributed by atoms with Crippen LogP contribution >= 0.6 is 15.9 Å². The molecule has 1 aromatic carbocycles. The average molecular weight is 299 g/mol. The molecular weight excluding hydrogens is 288 g/mol. The molecule has 1 fully saturated rings. The third kappa shape index (κ3) is 2.48. The number of carbonyl (C=O) groups is 2. The number of anilines is 1. The van der Waals surface area contributed by atoms with Crippen molar-refractivity contribution in [1.29, 1.82) is 0 Å². The lowest BCUT2D eigenvalue weighted by Crippen LogP contribution is -2.45. The Kier molecular flexibility index (Phi) is 3.44. The number of rotatable bonds is 2. The first-order valence-electron chi connectivity index (χ1n) is 5.03. The molecule has 1 saturated heterocycles. The summed E-state index contributed by atoms with van der Waals surface area (Å²) in [7, 11) is 0. The van der Waals surface area contributed by atoms with Crippen LogP contribution in [0.2, 0.25) is 0 Å². The van der Waals surface area contributed by atoms with E-state index in [0.29, 0.717) is 10.2 Å². The first-order valence-corrected chi connectivity index (χ1v) is 5.82. The van der Waals surface area contributed by atoms with Crippen molar-refractivity contribution in [3.63, 3.8) is 0 Å². The maximum Gasteiger partial charge on any atom is 0.255 e. The van der Waals surface area contributed by atoms with Gasteiger partial charge in [-0.15, -0.1) is 0 Å². The molecule has 2 rings (SSSR count). The van der Waals surface area contributed by atoms with Crippen LogP contribution in [0.5, 0.6) is 0 Å². The lowest BCUT2D eigenvalue weighted by Gasteiger charge is -2.25. The molecule has 2 N–H and O–H groups in total. The Morgan fingerprint density at radius 3 is 2.59 bits per heavy atom. The second-order valence-electron chi connectivity index (χ2n) is 3.69. The van der Waals surface area contributed by atoms with Gasteiger partial charge in [-0.1, -0.05) is 12.1 Å². The van der Waals surface area contributed by atoms with E-state index in [0.717, 1.165) is 5.56 Å². The van der Waals surface area contributed by atoms with Crippen molar-refractivity contribution < 1.29 is 14.3 Å². The third-order valence-electron chi connectivity index (χ3n) is 2.49.